The van der Waals surface area contributed by atoms with E-state index in [9.17, 15) is 0 Å². The van der Waals surface area contributed by atoms with Gasteiger partial charge in [0.1, 0.15) is 0 Å². The van der Waals surface area contributed by atoms with Crippen LogP contribution in [-0.4, -0.2) is 0 Å². The first-order valence-corrected chi connectivity index (χ1v) is 6.91. The molecule has 0 amide bonds. The number of rotatable bonds is 2. The van der Waals surface area contributed by atoms with E-state index in [1.807, 2.05) is 0 Å². The zero-order chi connectivity index (χ0) is 12.7. The van der Waals surface area contributed by atoms with Gasteiger partial charge in [-0.25, -0.2) is 0 Å². The summed E-state index contributed by atoms with van der Waals surface area (Å²) in [6.07, 6.45) is 11.5. The maximum Gasteiger partial charge on any atom is 0.0364 e. The number of benzene rings is 2. The highest BCUT2D eigenvalue weighted by molar-refractivity contribution is 5.70. The molecule has 0 N–H and O–H groups in total. The van der Waals surface area contributed by atoms with Gasteiger partial charge < -0.3 is 0 Å². The SMILES string of the molecule is C1=CC2(Cc3ccccc3)C=Cc3cccc(c32)C1. The van der Waals surface area contributed by atoms with Crippen molar-refractivity contribution in [3.63, 3.8) is 0 Å². The van der Waals surface area contributed by atoms with Gasteiger partial charge in [0.05, 0.1) is 0 Å². The Labute approximate surface area is 114 Å². The minimum atomic E-state index is 0.0888. The van der Waals surface area contributed by atoms with Gasteiger partial charge in [0.2, 0.25) is 0 Å². The van der Waals surface area contributed by atoms with Crippen LogP contribution in [-0.2, 0) is 18.3 Å². The molecule has 0 nitrogen and oxygen atoms in total. The first-order valence-electron chi connectivity index (χ1n) is 6.91. The third-order valence-corrected chi connectivity index (χ3v) is 4.30. The van der Waals surface area contributed by atoms with E-state index in [4.69, 9.17) is 0 Å². The van der Waals surface area contributed by atoms with E-state index < -0.39 is 0 Å². The highest BCUT2D eigenvalue weighted by Gasteiger charge is 2.36. The smallest absolute Gasteiger partial charge is 0.0364 e. The van der Waals surface area contributed by atoms with E-state index in [0.29, 0.717) is 0 Å². The second-order valence-corrected chi connectivity index (χ2v) is 5.52. The molecule has 0 radical (unpaired) electrons. The summed E-state index contributed by atoms with van der Waals surface area (Å²) in [7, 11) is 0. The average Bonchev–Trinajstić information content (AvgIpc) is 2.82. The fourth-order valence-electron chi connectivity index (χ4n) is 3.49. The lowest BCUT2D eigenvalue weighted by atomic mass is 9.72. The summed E-state index contributed by atoms with van der Waals surface area (Å²) in [5.74, 6) is 0. The number of allylic oxidation sites excluding steroid dienone is 3. The van der Waals surface area contributed by atoms with E-state index in [-0.39, 0.29) is 5.41 Å². The summed E-state index contributed by atoms with van der Waals surface area (Å²) >= 11 is 0. The maximum absolute atomic E-state index is 2.40. The summed E-state index contributed by atoms with van der Waals surface area (Å²) in [5, 5.41) is 0. The van der Waals surface area contributed by atoms with Gasteiger partial charge in [-0.2, -0.15) is 0 Å². The molecule has 19 heavy (non-hydrogen) atoms. The molecule has 0 heteroatoms. The van der Waals surface area contributed by atoms with Crippen LogP contribution in [0.1, 0.15) is 22.3 Å². The molecule has 0 saturated heterocycles. The van der Waals surface area contributed by atoms with Crippen molar-refractivity contribution in [3.05, 3.63) is 89.0 Å². The quantitative estimate of drug-likeness (QED) is 0.691. The van der Waals surface area contributed by atoms with Crippen molar-refractivity contribution in [1.29, 1.82) is 0 Å². The van der Waals surface area contributed by atoms with E-state index in [1.165, 1.54) is 22.3 Å². The van der Waals surface area contributed by atoms with Gasteiger partial charge in [0.15, 0.2) is 0 Å². The molecule has 2 aromatic rings. The molecule has 1 unspecified atom stereocenters. The molecule has 4 rings (SSSR count). The summed E-state index contributed by atoms with van der Waals surface area (Å²) in [4.78, 5) is 0. The molecule has 0 heterocycles. The molecule has 92 valence electrons. The van der Waals surface area contributed by atoms with Gasteiger partial charge in [-0.3, -0.25) is 0 Å². The van der Waals surface area contributed by atoms with Crippen LogP contribution in [0.3, 0.4) is 0 Å². The molecule has 0 bridgehead atoms. The number of hydrogen-bond donors (Lipinski definition) is 0. The Bertz CT molecular complexity index is 676. The lowest BCUT2D eigenvalue weighted by Gasteiger charge is -2.31. The Hall–Kier alpha value is -2.08. The van der Waals surface area contributed by atoms with Crippen molar-refractivity contribution < 1.29 is 0 Å². The molecule has 1 atom stereocenters. The van der Waals surface area contributed by atoms with Gasteiger partial charge in [0.25, 0.3) is 0 Å². The molecule has 2 aliphatic rings. The summed E-state index contributed by atoms with van der Waals surface area (Å²) in [6, 6.07) is 17.5. The molecular formula is C19H16. The lowest BCUT2D eigenvalue weighted by Crippen LogP contribution is -2.26. The van der Waals surface area contributed by atoms with Crippen molar-refractivity contribution in [2.75, 3.05) is 0 Å². The second-order valence-electron chi connectivity index (χ2n) is 5.52. The maximum atomic E-state index is 2.40. The van der Waals surface area contributed by atoms with Crippen LogP contribution in [0.25, 0.3) is 6.08 Å². The molecule has 0 aromatic heterocycles. The van der Waals surface area contributed by atoms with Crippen molar-refractivity contribution in [3.8, 4) is 0 Å². The largest absolute Gasteiger partial charge is 0.0829 e. The first kappa shape index (κ1) is 10.8. The van der Waals surface area contributed by atoms with Crippen LogP contribution in [0.2, 0.25) is 0 Å². The Morgan fingerprint density at radius 3 is 2.68 bits per heavy atom. The lowest BCUT2D eigenvalue weighted by molar-refractivity contribution is 0.656. The molecule has 0 fully saturated rings. The predicted octanol–water partition coefficient (Wildman–Crippen LogP) is 4.31. The summed E-state index contributed by atoms with van der Waals surface area (Å²) < 4.78 is 0. The van der Waals surface area contributed by atoms with Gasteiger partial charge in [-0.05, 0) is 35.1 Å². The van der Waals surface area contributed by atoms with Gasteiger partial charge >= 0.3 is 0 Å². The van der Waals surface area contributed by atoms with Crippen LogP contribution < -0.4 is 0 Å². The Morgan fingerprint density at radius 1 is 0.895 bits per heavy atom. The van der Waals surface area contributed by atoms with Crippen molar-refractivity contribution in [2.24, 2.45) is 0 Å². The third-order valence-electron chi connectivity index (χ3n) is 4.30. The predicted molar refractivity (Wildman–Crippen MR) is 80.1 cm³/mol. The number of hydrogen-bond acceptors (Lipinski definition) is 0. The van der Waals surface area contributed by atoms with Crippen molar-refractivity contribution in [2.45, 2.75) is 18.3 Å². The average molecular weight is 244 g/mol. The summed E-state index contributed by atoms with van der Waals surface area (Å²) in [6.45, 7) is 0. The molecule has 0 saturated carbocycles. The molecule has 2 aliphatic carbocycles. The Balaban J connectivity index is 1.85. The molecule has 0 aliphatic heterocycles. The minimum Gasteiger partial charge on any atom is -0.0829 e. The van der Waals surface area contributed by atoms with Crippen LogP contribution in [0.5, 0.6) is 0 Å². The standard InChI is InChI=1S/C19H16/c1-2-6-15(7-3-1)14-19-12-5-10-16-8-4-9-17(11-13-19)18(16)19/h1-9,11-13H,10,14H2. The monoisotopic (exact) mass is 244 g/mol. The van der Waals surface area contributed by atoms with Gasteiger partial charge in [0, 0.05) is 5.41 Å². The van der Waals surface area contributed by atoms with Crippen LogP contribution in [0, 0.1) is 0 Å². The molecular weight excluding hydrogens is 228 g/mol. The normalized spacial score (nSPS) is 22.5. The van der Waals surface area contributed by atoms with E-state index >= 15 is 0 Å². The fraction of sp³-hybridized carbons (Fsp3) is 0.158. The zero-order valence-corrected chi connectivity index (χ0v) is 10.8. The molecule has 0 spiro atoms. The minimum absolute atomic E-state index is 0.0888. The second kappa shape index (κ2) is 3.96. The van der Waals surface area contributed by atoms with Gasteiger partial charge in [-0.1, -0.05) is 72.8 Å². The fourth-order valence-corrected chi connectivity index (χ4v) is 3.49. The third kappa shape index (κ3) is 1.60. The van der Waals surface area contributed by atoms with E-state index in [1.54, 1.807) is 0 Å². The highest BCUT2D eigenvalue weighted by atomic mass is 14.4. The Morgan fingerprint density at radius 2 is 1.79 bits per heavy atom. The summed E-state index contributed by atoms with van der Waals surface area (Å²) in [5.41, 5.74) is 5.91. The van der Waals surface area contributed by atoms with Crippen molar-refractivity contribution >= 4 is 6.08 Å². The van der Waals surface area contributed by atoms with Crippen LogP contribution >= 0.6 is 0 Å². The zero-order valence-electron chi connectivity index (χ0n) is 10.8. The molecule has 2 aromatic carbocycles. The van der Waals surface area contributed by atoms with Crippen LogP contribution in [0.15, 0.2) is 66.8 Å². The highest BCUT2D eigenvalue weighted by Crippen LogP contribution is 2.44. The van der Waals surface area contributed by atoms with E-state index in [0.717, 1.165) is 12.8 Å². The Kier molecular flexibility index (Phi) is 2.25. The first-order chi connectivity index (χ1) is 9.37. The van der Waals surface area contributed by atoms with Gasteiger partial charge in [-0.15, -0.1) is 0 Å². The van der Waals surface area contributed by atoms with Crippen molar-refractivity contribution in [1.82, 2.24) is 0 Å². The van der Waals surface area contributed by atoms with Crippen LogP contribution in [0.4, 0.5) is 0 Å². The topological polar surface area (TPSA) is 0 Å². The van der Waals surface area contributed by atoms with E-state index in [2.05, 4.69) is 72.8 Å².